The highest BCUT2D eigenvalue weighted by Crippen LogP contribution is 2.77. The van der Waals surface area contributed by atoms with Crippen LogP contribution < -0.4 is 0 Å². The topological polar surface area (TPSA) is 0 Å². The predicted molar refractivity (Wildman–Crippen MR) is 49.5 cm³/mol. The van der Waals surface area contributed by atoms with Crippen LogP contribution in [0.4, 0.5) is 87.8 Å². The molecule has 0 radical (unpaired) electrons. The van der Waals surface area contributed by atoms with Gasteiger partial charge in [-0.1, -0.05) is 0 Å². The van der Waals surface area contributed by atoms with Gasteiger partial charge in [-0.3, -0.25) is 0 Å². The van der Waals surface area contributed by atoms with Crippen LogP contribution in [0.1, 0.15) is 0 Å². The van der Waals surface area contributed by atoms with Crippen molar-refractivity contribution in [1.82, 2.24) is 0 Å². The van der Waals surface area contributed by atoms with Gasteiger partial charge in [0.15, 0.2) is 0 Å². The molecule has 0 aromatic heterocycles. The van der Waals surface area contributed by atoms with E-state index in [1.807, 2.05) is 0 Å². The van der Waals surface area contributed by atoms with Gasteiger partial charge in [0.25, 0.3) is 0 Å². The van der Waals surface area contributed by atoms with E-state index in [0.717, 1.165) is 0 Å². The summed E-state index contributed by atoms with van der Waals surface area (Å²) in [7, 11) is 0. The lowest BCUT2D eigenvalue weighted by atomic mass is 9.59. The monoisotopic (exact) mass is 500 g/mol. The van der Waals surface area contributed by atoms with Crippen LogP contribution in [-0.2, 0) is 0 Å². The number of halogens is 20. The molecule has 1 saturated carbocycles. The molecule has 20 heteroatoms. The summed E-state index contributed by atoms with van der Waals surface area (Å²) in [6, 6.07) is 0. The lowest BCUT2D eigenvalue weighted by Gasteiger charge is -2.59. The van der Waals surface area contributed by atoms with Crippen molar-refractivity contribution >= 4 is 0 Å². The van der Waals surface area contributed by atoms with E-state index in [0.29, 0.717) is 0 Å². The number of alkyl halides is 20. The molecule has 1 aliphatic carbocycles. The molecule has 1 aliphatic rings. The third-order valence-electron chi connectivity index (χ3n) is 4.17. The first-order valence-corrected chi connectivity index (χ1v) is 6.28. The Kier molecular flexibility index (Phi) is 5.05. The van der Waals surface area contributed by atoms with Crippen LogP contribution >= 0.6 is 0 Å². The second kappa shape index (κ2) is 5.69. The number of hydrogen-bond donors (Lipinski definition) is 0. The Morgan fingerprint density at radius 2 is 0.533 bits per heavy atom. The second-order valence-electron chi connectivity index (χ2n) is 5.77. The zero-order chi connectivity index (χ0) is 25.0. The summed E-state index contributed by atoms with van der Waals surface area (Å²) >= 11 is 0. The SMILES string of the molecule is FC(F)(F)C(F)(F)C1(F)C(F)(F)[C@@](F)(C(F)(F)F)C(F)(F)[C@](F)(C(F)(F)F)C1(F)F. The van der Waals surface area contributed by atoms with E-state index in [-0.39, 0.29) is 0 Å². The van der Waals surface area contributed by atoms with Crippen LogP contribution in [0.5, 0.6) is 0 Å². The molecule has 0 bridgehead atoms. The Bertz CT molecular complexity index is 648. The van der Waals surface area contributed by atoms with Gasteiger partial charge in [-0.15, -0.1) is 0 Å². The van der Waals surface area contributed by atoms with Crippen molar-refractivity contribution in [3.8, 4) is 0 Å². The van der Waals surface area contributed by atoms with Crippen molar-refractivity contribution in [2.24, 2.45) is 0 Å². The van der Waals surface area contributed by atoms with E-state index in [1.54, 1.807) is 0 Å². The Labute approximate surface area is 148 Å². The van der Waals surface area contributed by atoms with Crippen LogP contribution in [0.2, 0.25) is 0 Å². The summed E-state index contributed by atoms with van der Waals surface area (Å²) in [6.45, 7) is 0. The summed E-state index contributed by atoms with van der Waals surface area (Å²) in [5.74, 6) is -35.9. The van der Waals surface area contributed by atoms with Crippen molar-refractivity contribution in [3.05, 3.63) is 0 Å². The van der Waals surface area contributed by atoms with Crippen LogP contribution in [0, 0.1) is 0 Å². The third kappa shape index (κ3) is 2.22. The lowest BCUT2D eigenvalue weighted by Crippen LogP contribution is -2.94. The number of rotatable bonds is 1. The average Bonchev–Trinajstić information content (AvgIpc) is 2.46. The van der Waals surface area contributed by atoms with Crippen molar-refractivity contribution in [2.75, 3.05) is 0 Å². The molecule has 0 aliphatic heterocycles. The van der Waals surface area contributed by atoms with Crippen LogP contribution in [0.25, 0.3) is 0 Å². The van der Waals surface area contributed by atoms with E-state index in [9.17, 15) is 87.8 Å². The van der Waals surface area contributed by atoms with Gasteiger partial charge < -0.3 is 0 Å². The molecule has 2 atom stereocenters. The summed E-state index contributed by atoms with van der Waals surface area (Å²) < 4.78 is 261. The minimum Gasteiger partial charge on any atom is -0.223 e. The molecular weight excluding hydrogens is 500 g/mol. The summed E-state index contributed by atoms with van der Waals surface area (Å²) in [5.41, 5.74) is -27.2. The molecule has 0 unspecified atom stereocenters. The van der Waals surface area contributed by atoms with E-state index in [2.05, 4.69) is 0 Å². The van der Waals surface area contributed by atoms with Gasteiger partial charge in [-0.2, -0.15) is 74.6 Å². The van der Waals surface area contributed by atoms with Crippen molar-refractivity contribution in [3.63, 3.8) is 0 Å². The van der Waals surface area contributed by atoms with E-state index >= 15 is 0 Å². The van der Waals surface area contributed by atoms with Crippen LogP contribution in [0.15, 0.2) is 0 Å². The smallest absolute Gasteiger partial charge is 0.223 e. The van der Waals surface area contributed by atoms with E-state index in [4.69, 9.17) is 0 Å². The van der Waals surface area contributed by atoms with E-state index in [1.165, 1.54) is 0 Å². The van der Waals surface area contributed by atoms with Crippen LogP contribution in [0.3, 0.4) is 0 Å². The Morgan fingerprint density at radius 3 is 0.700 bits per heavy atom. The standard InChI is InChI=1S/C10F20/c11-1(7(20,21)10(28,29)30)4(14,15)2(12,8(22,23)24)6(18,19)3(13,5(1,16)17)9(25,26)27/t2-,3-/m0/s1. The normalized spacial score (nSPS) is 37.2. The zero-order valence-electron chi connectivity index (χ0n) is 12.6. The molecule has 0 amide bonds. The number of hydrogen-bond acceptors (Lipinski definition) is 0. The Morgan fingerprint density at radius 1 is 0.333 bits per heavy atom. The van der Waals surface area contributed by atoms with Crippen LogP contribution in [-0.4, -0.2) is 59.2 Å². The molecule has 30 heavy (non-hydrogen) atoms. The Balaban J connectivity index is 4.48. The van der Waals surface area contributed by atoms with Gasteiger partial charge >= 0.3 is 59.2 Å². The molecule has 180 valence electrons. The van der Waals surface area contributed by atoms with Gasteiger partial charge in [0.1, 0.15) is 0 Å². The summed E-state index contributed by atoms with van der Waals surface area (Å²) in [4.78, 5) is 0. The first kappa shape index (κ1) is 26.6. The highest BCUT2D eigenvalue weighted by atomic mass is 19.4. The minimum absolute atomic E-state index is 8.29. The fraction of sp³-hybridized carbons (Fsp3) is 1.00. The molecule has 0 aromatic rings. The van der Waals surface area contributed by atoms with Crippen molar-refractivity contribution in [2.45, 2.75) is 59.2 Å². The molecule has 0 N–H and O–H groups in total. The first-order chi connectivity index (χ1) is 12.5. The molecule has 1 rings (SSSR count). The zero-order valence-corrected chi connectivity index (χ0v) is 12.6. The summed E-state index contributed by atoms with van der Waals surface area (Å²) in [5, 5.41) is 0. The minimum atomic E-state index is -9.21. The quantitative estimate of drug-likeness (QED) is 0.369. The summed E-state index contributed by atoms with van der Waals surface area (Å²) in [6.07, 6.45) is -25.3. The third-order valence-corrected chi connectivity index (χ3v) is 4.17. The Hall–Kier alpha value is -1.40. The molecule has 1 fully saturated rings. The maximum absolute atomic E-state index is 14.0. The van der Waals surface area contributed by atoms with Gasteiger partial charge in [0.2, 0.25) is 0 Å². The lowest BCUT2D eigenvalue weighted by molar-refractivity contribution is -0.534. The molecule has 0 nitrogen and oxygen atoms in total. The maximum atomic E-state index is 14.0. The predicted octanol–water partition coefficient (Wildman–Crippen LogP) is 6.35. The maximum Gasteiger partial charge on any atom is 0.457 e. The second-order valence-corrected chi connectivity index (χ2v) is 5.77. The molecule has 0 aromatic carbocycles. The molecular formula is C10F20. The highest BCUT2D eigenvalue weighted by Gasteiger charge is 3.11. The van der Waals surface area contributed by atoms with Gasteiger partial charge in [-0.25, -0.2) is 13.2 Å². The molecule has 0 spiro atoms. The van der Waals surface area contributed by atoms with Gasteiger partial charge in [-0.05, 0) is 0 Å². The first-order valence-electron chi connectivity index (χ1n) is 6.28. The molecule has 0 heterocycles. The fourth-order valence-electron chi connectivity index (χ4n) is 2.61. The average molecular weight is 500 g/mol. The van der Waals surface area contributed by atoms with E-state index < -0.39 is 59.2 Å². The highest BCUT2D eigenvalue weighted by molar-refractivity contribution is 5.38. The van der Waals surface area contributed by atoms with Gasteiger partial charge in [0.05, 0.1) is 0 Å². The van der Waals surface area contributed by atoms with Gasteiger partial charge in [0, 0.05) is 0 Å². The fourth-order valence-corrected chi connectivity index (χ4v) is 2.61. The molecule has 0 saturated heterocycles. The van der Waals surface area contributed by atoms with Crippen molar-refractivity contribution in [1.29, 1.82) is 0 Å². The largest absolute Gasteiger partial charge is 0.457 e. The van der Waals surface area contributed by atoms with Crippen molar-refractivity contribution < 1.29 is 87.8 Å².